The van der Waals surface area contributed by atoms with E-state index in [-0.39, 0.29) is 11.8 Å². The molecule has 0 bridgehead atoms. The molecule has 20 heavy (non-hydrogen) atoms. The second-order valence-corrected chi connectivity index (χ2v) is 4.71. The molecule has 1 N–H and O–H groups in total. The van der Waals surface area contributed by atoms with Crippen LogP contribution in [0.15, 0.2) is 42.9 Å². The summed E-state index contributed by atoms with van der Waals surface area (Å²) >= 11 is 0. The van der Waals surface area contributed by atoms with Crippen molar-refractivity contribution in [2.24, 2.45) is 0 Å². The van der Waals surface area contributed by atoms with Gasteiger partial charge in [-0.25, -0.2) is 4.98 Å². The molecular formula is C15H15N3O2. The van der Waals surface area contributed by atoms with Crippen molar-refractivity contribution < 1.29 is 9.53 Å². The first-order valence-electron chi connectivity index (χ1n) is 6.60. The molecule has 2 heterocycles. The van der Waals surface area contributed by atoms with Crippen LogP contribution in [0.4, 0.5) is 5.82 Å². The van der Waals surface area contributed by atoms with E-state index >= 15 is 0 Å². The highest BCUT2D eigenvalue weighted by Crippen LogP contribution is 2.35. The number of nitrogens with zero attached hydrogens (tertiary/aromatic N) is 2. The van der Waals surface area contributed by atoms with Gasteiger partial charge in [-0.2, -0.15) is 0 Å². The molecule has 1 atom stereocenters. The number of hydrogen-bond donors (Lipinski definition) is 1. The zero-order valence-electron chi connectivity index (χ0n) is 11.0. The van der Waals surface area contributed by atoms with E-state index in [9.17, 15) is 4.79 Å². The minimum atomic E-state index is -0.0489. The first-order valence-corrected chi connectivity index (χ1v) is 6.60. The van der Waals surface area contributed by atoms with Crippen LogP contribution in [-0.4, -0.2) is 22.5 Å². The number of para-hydroxylation sites is 1. The number of hydrogen-bond acceptors (Lipinski definition) is 4. The number of anilines is 1. The molecule has 5 heteroatoms. The van der Waals surface area contributed by atoms with Crippen molar-refractivity contribution in [3.8, 4) is 5.75 Å². The lowest BCUT2D eigenvalue weighted by Gasteiger charge is -2.25. The third-order valence-electron chi connectivity index (χ3n) is 3.35. The molecule has 0 fully saturated rings. The molecule has 0 spiro atoms. The van der Waals surface area contributed by atoms with Crippen LogP contribution in [0.2, 0.25) is 0 Å². The molecular weight excluding hydrogens is 254 g/mol. The Morgan fingerprint density at radius 1 is 1.35 bits per heavy atom. The fraction of sp³-hybridized carbons (Fsp3) is 0.267. The van der Waals surface area contributed by atoms with Crippen molar-refractivity contribution in [3.05, 3.63) is 48.4 Å². The Bertz CT molecular complexity index is 601. The molecule has 0 saturated carbocycles. The van der Waals surface area contributed by atoms with Crippen LogP contribution < -0.4 is 10.1 Å². The summed E-state index contributed by atoms with van der Waals surface area (Å²) in [4.78, 5) is 20.0. The number of amides is 1. The van der Waals surface area contributed by atoms with Crippen molar-refractivity contribution in [1.82, 2.24) is 9.97 Å². The highest BCUT2D eigenvalue weighted by Gasteiger charge is 2.23. The van der Waals surface area contributed by atoms with E-state index < -0.39 is 0 Å². The Hall–Kier alpha value is -2.43. The summed E-state index contributed by atoms with van der Waals surface area (Å²) in [5.41, 5.74) is 1.10. The Morgan fingerprint density at radius 3 is 3.10 bits per heavy atom. The van der Waals surface area contributed by atoms with Crippen LogP contribution in [0.3, 0.4) is 0 Å². The molecule has 1 aliphatic rings. The summed E-state index contributed by atoms with van der Waals surface area (Å²) in [6, 6.07) is 7.89. The van der Waals surface area contributed by atoms with Gasteiger partial charge in [0, 0.05) is 18.8 Å². The van der Waals surface area contributed by atoms with E-state index in [0.717, 1.165) is 17.7 Å². The molecule has 0 aliphatic carbocycles. The third kappa shape index (κ3) is 2.77. The zero-order chi connectivity index (χ0) is 13.8. The topological polar surface area (TPSA) is 64.1 Å². The standard InChI is InChI=1S/C15H15N3O2/c19-15(18-14-10-16-6-7-17-14)9-11-5-8-20-13-4-2-1-3-12(11)13/h1-4,6-7,10-11H,5,8-9H2,(H,17,18,19). The lowest BCUT2D eigenvalue weighted by molar-refractivity contribution is -0.116. The fourth-order valence-electron chi connectivity index (χ4n) is 2.41. The normalized spacial score (nSPS) is 16.9. The average molecular weight is 269 g/mol. The summed E-state index contributed by atoms with van der Waals surface area (Å²) in [6.07, 6.45) is 5.95. The lowest BCUT2D eigenvalue weighted by Crippen LogP contribution is -2.21. The quantitative estimate of drug-likeness (QED) is 0.929. The maximum atomic E-state index is 12.1. The van der Waals surface area contributed by atoms with Crippen LogP contribution in [0.5, 0.6) is 5.75 Å². The molecule has 2 aromatic rings. The first-order chi connectivity index (χ1) is 9.83. The lowest BCUT2D eigenvalue weighted by atomic mass is 9.90. The highest BCUT2D eigenvalue weighted by molar-refractivity contribution is 5.90. The number of carbonyl (C=O) groups is 1. The maximum Gasteiger partial charge on any atom is 0.226 e. The van der Waals surface area contributed by atoms with Crippen LogP contribution in [0, 0.1) is 0 Å². The van der Waals surface area contributed by atoms with Gasteiger partial charge in [0.1, 0.15) is 5.75 Å². The van der Waals surface area contributed by atoms with E-state index in [2.05, 4.69) is 15.3 Å². The van der Waals surface area contributed by atoms with Crippen molar-refractivity contribution >= 4 is 11.7 Å². The number of nitrogens with one attached hydrogen (secondary N) is 1. The van der Waals surface area contributed by atoms with Crippen LogP contribution in [-0.2, 0) is 4.79 Å². The molecule has 1 unspecified atom stereocenters. The summed E-state index contributed by atoms with van der Waals surface area (Å²) in [6.45, 7) is 0.653. The fourth-order valence-corrected chi connectivity index (χ4v) is 2.41. The number of rotatable bonds is 3. The molecule has 0 saturated heterocycles. The minimum absolute atomic E-state index is 0.0489. The van der Waals surface area contributed by atoms with Crippen molar-refractivity contribution in [2.45, 2.75) is 18.8 Å². The van der Waals surface area contributed by atoms with Crippen molar-refractivity contribution in [1.29, 1.82) is 0 Å². The molecule has 102 valence electrons. The number of ether oxygens (including phenoxy) is 1. The van der Waals surface area contributed by atoms with Gasteiger partial charge in [-0.15, -0.1) is 0 Å². The van der Waals surface area contributed by atoms with E-state index in [0.29, 0.717) is 18.8 Å². The Kier molecular flexibility index (Phi) is 3.58. The van der Waals surface area contributed by atoms with E-state index in [1.165, 1.54) is 6.20 Å². The predicted molar refractivity (Wildman–Crippen MR) is 74.6 cm³/mol. The second-order valence-electron chi connectivity index (χ2n) is 4.71. The average Bonchev–Trinajstić information content (AvgIpc) is 2.48. The molecule has 5 nitrogen and oxygen atoms in total. The predicted octanol–water partition coefficient (Wildman–Crippen LogP) is 2.37. The van der Waals surface area contributed by atoms with Gasteiger partial charge in [-0.05, 0) is 24.0 Å². The molecule has 1 aromatic heterocycles. The van der Waals surface area contributed by atoms with Gasteiger partial charge in [0.05, 0.1) is 12.8 Å². The van der Waals surface area contributed by atoms with Gasteiger partial charge in [0.25, 0.3) is 0 Å². The molecule has 1 aromatic carbocycles. The Labute approximate surface area is 117 Å². The van der Waals surface area contributed by atoms with Gasteiger partial charge in [-0.3, -0.25) is 9.78 Å². The van der Waals surface area contributed by atoms with Gasteiger partial charge in [0.2, 0.25) is 5.91 Å². The molecule has 1 aliphatic heterocycles. The second kappa shape index (κ2) is 5.69. The number of aromatic nitrogens is 2. The van der Waals surface area contributed by atoms with Crippen molar-refractivity contribution in [2.75, 3.05) is 11.9 Å². The number of fused-ring (bicyclic) bond motifs is 1. The maximum absolute atomic E-state index is 12.1. The smallest absolute Gasteiger partial charge is 0.226 e. The third-order valence-corrected chi connectivity index (χ3v) is 3.35. The van der Waals surface area contributed by atoms with Crippen molar-refractivity contribution in [3.63, 3.8) is 0 Å². The first kappa shape index (κ1) is 12.6. The Morgan fingerprint density at radius 2 is 2.25 bits per heavy atom. The number of carbonyl (C=O) groups excluding carboxylic acids is 1. The van der Waals surface area contributed by atoms with Gasteiger partial charge < -0.3 is 10.1 Å². The van der Waals surface area contributed by atoms with Gasteiger partial charge in [-0.1, -0.05) is 18.2 Å². The highest BCUT2D eigenvalue weighted by atomic mass is 16.5. The van der Waals surface area contributed by atoms with Gasteiger partial charge in [0.15, 0.2) is 5.82 Å². The SMILES string of the molecule is O=C(CC1CCOc2ccccc21)Nc1cnccn1. The summed E-state index contributed by atoms with van der Waals surface area (Å²) in [7, 11) is 0. The van der Waals surface area contributed by atoms with Crippen LogP contribution in [0.25, 0.3) is 0 Å². The molecule has 3 rings (SSSR count). The summed E-state index contributed by atoms with van der Waals surface area (Å²) in [5.74, 6) is 1.51. The summed E-state index contributed by atoms with van der Waals surface area (Å²) < 4.78 is 5.60. The number of benzene rings is 1. The minimum Gasteiger partial charge on any atom is -0.493 e. The summed E-state index contributed by atoms with van der Waals surface area (Å²) in [5, 5.41) is 2.77. The van der Waals surface area contributed by atoms with E-state index in [1.807, 2.05) is 24.3 Å². The van der Waals surface area contributed by atoms with E-state index in [1.54, 1.807) is 12.4 Å². The molecule has 1 amide bonds. The monoisotopic (exact) mass is 269 g/mol. The van der Waals surface area contributed by atoms with Gasteiger partial charge >= 0.3 is 0 Å². The largest absolute Gasteiger partial charge is 0.493 e. The Balaban J connectivity index is 1.68. The zero-order valence-corrected chi connectivity index (χ0v) is 11.0. The molecule has 0 radical (unpaired) electrons. The van der Waals surface area contributed by atoms with E-state index in [4.69, 9.17) is 4.74 Å². The van der Waals surface area contributed by atoms with Crippen LogP contribution in [0.1, 0.15) is 24.3 Å². The van der Waals surface area contributed by atoms with Crippen LogP contribution >= 0.6 is 0 Å².